The van der Waals surface area contributed by atoms with Crippen LogP contribution in [0, 0.1) is 5.92 Å². The summed E-state index contributed by atoms with van der Waals surface area (Å²) in [7, 11) is -2.10. The van der Waals surface area contributed by atoms with Crippen molar-refractivity contribution in [3.05, 3.63) is 0 Å². The second-order valence-electron chi connectivity index (χ2n) is 5.93. The molecule has 0 aromatic heterocycles. The van der Waals surface area contributed by atoms with Gasteiger partial charge in [0.05, 0.1) is 13.0 Å². The molecule has 1 aliphatic carbocycles. The lowest BCUT2D eigenvalue weighted by molar-refractivity contribution is -0.146. The number of nitrogens with one attached hydrogen (secondary N) is 1. The van der Waals surface area contributed by atoms with E-state index in [1.165, 1.54) is 11.4 Å². The summed E-state index contributed by atoms with van der Waals surface area (Å²) in [6.45, 7) is 0.725. The molecular weight excluding hydrogens is 294 g/mol. The second-order valence-corrected chi connectivity index (χ2v) is 7.63. The van der Waals surface area contributed by atoms with Gasteiger partial charge in [0.15, 0.2) is 0 Å². The first kappa shape index (κ1) is 16.7. The molecule has 1 saturated carbocycles. The topological polar surface area (TPSA) is 102 Å². The summed E-state index contributed by atoms with van der Waals surface area (Å²) in [5.74, 6) is -0.435. The molecule has 2 aliphatic rings. The molecule has 2 rings (SSSR count). The fourth-order valence-electron chi connectivity index (χ4n) is 3.02. The van der Waals surface area contributed by atoms with E-state index in [-0.39, 0.29) is 24.0 Å². The standard InChI is InChI=1S/C13H25N3O4S/c1-20-13(17)10-6-8-16(9-7-10)21(18,19)15-12-4-2-11(14)3-5-12/h10-12,15H,2-9,14H2,1H3. The van der Waals surface area contributed by atoms with Crippen LogP contribution in [0.15, 0.2) is 0 Å². The molecule has 0 aromatic carbocycles. The second kappa shape index (κ2) is 7.04. The molecule has 122 valence electrons. The monoisotopic (exact) mass is 319 g/mol. The van der Waals surface area contributed by atoms with Crippen molar-refractivity contribution < 1.29 is 17.9 Å². The fraction of sp³-hybridized carbons (Fsp3) is 0.923. The first-order chi connectivity index (χ1) is 9.92. The highest BCUT2D eigenvalue weighted by atomic mass is 32.2. The Labute approximate surface area is 126 Å². The summed E-state index contributed by atoms with van der Waals surface area (Å²) in [6.07, 6.45) is 4.33. The zero-order valence-corrected chi connectivity index (χ0v) is 13.3. The summed E-state index contributed by atoms with van der Waals surface area (Å²) < 4.78 is 33.6. The molecule has 2 fully saturated rings. The van der Waals surface area contributed by atoms with Crippen molar-refractivity contribution >= 4 is 16.2 Å². The van der Waals surface area contributed by atoms with Crippen LogP contribution in [0.3, 0.4) is 0 Å². The van der Waals surface area contributed by atoms with E-state index in [4.69, 9.17) is 10.5 Å². The maximum absolute atomic E-state index is 12.3. The molecule has 0 amide bonds. The summed E-state index contributed by atoms with van der Waals surface area (Å²) in [4.78, 5) is 11.5. The quantitative estimate of drug-likeness (QED) is 0.709. The highest BCUT2D eigenvalue weighted by molar-refractivity contribution is 7.87. The van der Waals surface area contributed by atoms with Crippen molar-refractivity contribution in [3.63, 3.8) is 0 Å². The Morgan fingerprint density at radius 3 is 2.24 bits per heavy atom. The van der Waals surface area contributed by atoms with Gasteiger partial charge in [0.2, 0.25) is 0 Å². The van der Waals surface area contributed by atoms with Crippen molar-refractivity contribution in [2.75, 3.05) is 20.2 Å². The number of carbonyl (C=O) groups excluding carboxylic acids is 1. The van der Waals surface area contributed by atoms with Gasteiger partial charge >= 0.3 is 5.97 Å². The zero-order chi connectivity index (χ0) is 15.5. The van der Waals surface area contributed by atoms with Crippen molar-refractivity contribution in [2.24, 2.45) is 11.7 Å². The number of carbonyl (C=O) groups is 1. The highest BCUT2D eigenvalue weighted by Gasteiger charge is 2.33. The summed E-state index contributed by atoms with van der Waals surface area (Å²) in [5.41, 5.74) is 5.83. The third-order valence-corrected chi connectivity index (χ3v) is 6.09. The van der Waals surface area contributed by atoms with Crippen LogP contribution in [-0.4, -0.2) is 51.0 Å². The van der Waals surface area contributed by atoms with Gasteiger partial charge in [-0.2, -0.15) is 17.4 Å². The lowest BCUT2D eigenvalue weighted by atomic mass is 9.93. The van der Waals surface area contributed by atoms with Gasteiger partial charge in [0, 0.05) is 25.2 Å². The van der Waals surface area contributed by atoms with Crippen molar-refractivity contribution in [3.8, 4) is 0 Å². The molecule has 3 N–H and O–H groups in total. The van der Waals surface area contributed by atoms with Crippen LogP contribution < -0.4 is 10.5 Å². The number of methoxy groups -OCH3 is 1. The first-order valence-electron chi connectivity index (χ1n) is 7.53. The number of ether oxygens (including phenoxy) is 1. The van der Waals surface area contributed by atoms with Gasteiger partial charge in [-0.25, -0.2) is 0 Å². The number of hydrogen-bond donors (Lipinski definition) is 2. The Kier molecular flexibility index (Phi) is 5.59. The smallest absolute Gasteiger partial charge is 0.308 e. The lowest BCUT2D eigenvalue weighted by Gasteiger charge is -2.33. The molecule has 1 saturated heterocycles. The van der Waals surface area contributed by atoms with E-state index in [2.05, 4.69) is 4.72 Å². The van der Waals surface area contributed by atoms with E-state index >= 15 is 0 Å². The molecule has 0 aromatic rings. The molecule has 21 heavy (non-hydrogen) atoms. The van der Waals surface area contributed by atoms with Crippen LogP contribution in [0.5, 0.6) is 0 Å². The molecule has 1 heterocycles. The van der Waals surface area contributed by atoms with Crippen LogP contribution in [0.4, 0.5) is 0 Å². The van der Waals surface area contributed by atoms with Crippen LogP contribution in [0.1, 0.15) is 38.5 Å². The fourth-order valence-corrected chi connectivity index (χ4v) is 4.52. The Bertz CT molecular complexity index is 452. The molecule has 0 spiro atoms. The van der Waals surface area contributed by atoms with Gasteiger partial charge in [-0.1, -0.05) is 0 Å². The van der Waals surface area contributed by atoms with Crippen LogP contribution >= 0.6 is 0 Å². The molecule has 0 unspecified atom stereocenters. The largest absolute Gasteiger partial charge is 0.469 e. The molecule has 0 radical (unpaired) electrons. The molecule has 0 bridgehead atoms. The Morgan fingerprint density at radius 1 is 1.14 bits per heavy atom. The molecular formula is C13H25N3O4S. The average Bonchev–Trinajstić information content (AvgIpc) is 2.49. The minimum atomic E-state index is -3.47. The van der Waals surface area contributed by atoms with Gasteiger partial charge in [-0.15, -0.1) is 0 Å². The summed E-state index contributed by atoms with van der Waals surface area (Å²) >= 11 is 0. The van der Waals surface area contributed by atoms with E-state index in [0.717, 1.165) is 25.7 Å². The number of rotatable bonds is 4. The van der Waals surface area contributed by atoms with E-state index in [0.29, 0.717) is 25.9 Å². The van der Waals surface area contributed by atoms with Gasteiger partial charge in [-0.05, 0) is 38.5 Å². The Morgan fingerprint density at radius 2 is 1.71 bits per heavy atom. The third kappa shape index (κ3) is 4.38. The number of hydrogen-bond acceptors (Lipinski definition) is 5. The molecule has 7 nitrogen and oxygen atoms in total. The average molecular weight is 319 g/mol. The maximum Gasteiger partial charge on any atom is 0.308 e. The van der Waals surface area contributed by atoms with Crippen LogP contribution in [0.2, 0.25) is 0 Å². The number of nitrogens with zero attached hydrogens (tertiary/aromatic N) is 1. The first-order valence-corrected chi connectivity index (χ1v) is 8.97. The zero-order valence-electron chi connectivity index (χ0n) is 12.5. The lowest BCUT2D eigenvalue weighted by Crippen LogP contribution is -2.50. The summed E-state index contributed by atoms with van der Waals surface area (Å²) in [5, 5.41) is 0. The van der Waals surface area contributed by atoms with Crippen LogP contribution in [-0.2, 0) is 19.7 Å². The van der Waals surface area contributed by atoms with Gasteiger partial charge in [-0.3, -0.25) is 4.79 Å². The minimum Gasteiger partial charge on any atom is -0.469 e. The van der Waals surface area contributed by atoms with Gasteiger partial charge < -0.3 is 10.5 Å². The number of piperidine rings is 1. The molecule has 1 aliphatic heterocycles. The Hall–Kier alpha value is -0.700. The van der Waals surface area contributed by atoms with Gasteiger partial charge in [0.25, 0.3) is 10.2 Å². The summed E-state index contributed by atoms with van der Waals surface area (Å²) in [6, 6.07) is 0.176. The molecule has 8 heteroatoms. The van der Waals surface area contributed by atoms with E-state index in [9.17, 15) is 13.2 Å². The highest BCUT2D eigenvalue weighted by Crippen LogP contribution is 2.22. The Balaban J connectivity index is 1.85. The SMILES string of the molecule is COC(=O)C1CCN(S(=O)(=O)NC2CCC(N)CC2)CC1. The minimum absolute atomic E-state index is 0.0202. The van der Waals surface area contributed by atoms with E-state index in [1.807, 2.05) is 0 Å². The predicted octanol–water partition coefficient (Wildman–Crippen LogP) is -0.0243. The predicted molar refractivity (Wildman–Crippen MR) is 78.6 cm³/mol. The number of nitrogens with two attached hydrogens (primary N) is 1. The van der Waals surface area contributed by atoms with Crippen molar-refractivity contribution in [1.82, 2.24) is 9.03 Å². The third-order valence-electron chi connectivity index (χ3n) is 4.42. The van der Waals surface area contributed by atoms with Crippen molar-refractivity contribution in [2.45, 2.75) is 50.6 Å². The van der Waals surface area contributed by atoms with Gasteiger partial charge in [0.1, 0.15) is 0 Å². The molecule has 0 atom stereocenters. The normalized spacial score (nSPS) is 29.2. The maximum atomic E-state index is 12.3. The van der Waals surface area contributed by atoms with E-state index < -0.39 is 10.2 Å². The van der Waals surface area contributed by atoms with E-state index in [1.54, 1.807) is 0 Å². The number of esters is 1. The van der Waals surface area contributed by atoms with Crippen LogP contribution in [0.25, 0.3) is 0 Å². The van der Waals surface area contributed by atoms with Crippen molar-refractivity contribution in [1.29, 1.82) is 0 Å².